The van der Waals surface area contributed by atoms with Gasteiger partial charge in [0.25, 0.3) is 0 Å². The number of ether oxygens (including phenoxy) is 1. The van der Waals surface area contributed by atoms with E-state index in [1.54, 1.807) is 9.80 Å². The Labute approximate surface area is 159 Å². The Hall–Kier alpha value is -2.52. The van der Waals surface area contributed by atoms with Gasteiger partial charge < -0.3 is 19.9 Å². The summed E-state index contributed by atoms with van der Waals surface area (Å²) in [5, 5.41) is 2.75. The van der Waals surface area contributed by atoms with Crippen molar-refractivity contribution >= 4 is 12.1 Å². The van der Waals surface area contributed by atoms with E-state index < -0.39 is 23.5 Å². The Kier molecular flexibility index (Phi) is 4.59. The molecule has 10 heteroatoms. The molecule has 0 saturated carbocycles. The van der Waals surface area contributed by atoms with Crippen molar-refractivity contribution in [1.29, 1.82) is 0 Å². The van der Waals surface area contributed by atoms with Crippen LogP contribution in [0.15, 0.2) is 18.3 Å². The number of pyridine rings is 1. The fourth-order valence-corrected chi connectivity index (χ4v) is 4.06. The lowest BCUT2D eigenvalue weighted by molar-refractivity contribution is -0.141. The summed E-state index contributed by atoms with van der Waals surface area (Å²) in [5.74, 6) is 0.313. The maximum atomic E-state index is 12.6. The first kappa shape index (κ1) is 18.8. The smallest absolute Gasteiger partial charge is 0.433 e. The van der Waals surface area contributed by atoms with E-state index in [4.69, 9.17) is 4.74 Å². The third-order valence-electron chi connectivity index (χ3n) is 5.63. The molecule has 0 aromatic carbocycles. The lowest BCUT2D eigenvalue weighted by Gasteiger charge is -2.48. The Morgan fingerprint density at radius 3 is 2.50 bits per heavy atom. The van der Waals surface area contributed by atoms with Gasteiger partial charge in [0, 0.05) is 19.3 Å². The van der Waals surface area contributed by atoms with E-state index in [2.05, 4.69) is 10.3 Å². The molecule has 0 atom stereocenters. The highest BCUT2D eigenvalue weighted by Crippen LogP contribution is 2.30. The van der Waals surface area contributed by atoms with Gasteiger partial charge in [-0.25, -0.2) is 9.59 Å². The van der Waals surface area contributed by atoms with Crippen molar-refractivity contribution in [2.45, 2.75) is 31.0 Å². The van der Waals surface area contributed by atoms with Crippen LogP contribution in [0, 0.1) is 5.92 Å². The van der Waals surface area contributed by atoms with Crippen LogP contribution >= 0.6 is 0 Å². The highest BCUT2D eigenvalue weighted by atomic mass is 19.4. The van der Waals surface area contributed by atoms with E-state index in [9.17, 15) is 22.8 Å². The average molecular weight is 398 g/mol. The average Bonchev–Trinajstić information content (AvgIpc) is 3.02. The van der Waals surface area contributed by atoms with Crippen LogP contribution in [0.1, 0.15) is 24.1 Å². The number of hydrogen-bond acceptors (Lipinski definition) is 4. The molecule has 3 aliphatic heterocycles. The monoisotopic (exact) mass is 398 g/mol. The van der Waals surface area contributed by atoms with Gasteiger partial charge in [-0.3, -0.25) is 4.98 Å². The minimum atomic E-state index is -4.42. The molecule has 0 unspecified atom stereocenters. The second-order valence-electron chi connectivity index (χ2n) is 7.80. The maximum absolute atomic E-state index is 12.6. The van der Waals surface area contributed by atoms with E-state index in [1.165, 1.54) is 12.3 Å². The largest absolute Gasteiger partial charge is 0.447 e. The number of nitrogens with zero attached hydrogens (tertiary/aromatic N) is 3. The quantitative estimate of drug-likeness (QED) is 0.830. The van der Waals surface area contributed by atoms with Gasteiger partial charge in [0.05, 0.1) is 13.1 Å². The second kappa shape index (κ2) is 6.82. The highest BCUT2D eigenvalue weighted by Gasteiger charge is 2.52. The topological polar surface area (TPSA) is 74.8 Å². The van der Waals surface area contributed by atoms with Crippen LogP contribution in [-0.2, 0) is 17.3 Å². The summed E-state index contributed by atoms with van der Waals surface area (Å²) < 4.78 is 42.7. The molecule has 1 spiro atoms. The molecule has 7 nitrogen and oxygen atoms in total. The van der Waals surface area contributed by atoms with Gasteiger partial charge in [-0.2, -0.15) is 13.2 Å². The van der Waals surface area contributed by atoms with E-state index in [-0.39, 0.29) is 6.03 Å². The van der Waals surface area contributed by atoms with Crippen LogP contribution < -0.4 is 5.32 Å². The number of rotatable bonds is 2. The molecular weight excluding hydrogens is 377 g/mol. The van der Waals surface area contributed by atoms with Crippen molar-refractivity contribution in [2.75, 3.05) is 32.8 Å². The first-order chi connectivity index (χ1) is 13.2. The normalized spacial score (nSPS) is 22.0. The molecule has 0 radical (unpaired) electrons. The number of likely N-dealkylation sites (tertiary alicyclic amines) is 2. The zero-order valence-corrected chi connectivity index (χ0v) is 15.2. The van der Waals surface area contributed by atoms with Gasteiger partial charge in [0.1, 0.15) is 17.8 Å². The molecule has 1 aromatic rings. The number of aromatic nitrogens is 1. The van der Waals surface area contributed by atoms with Crippen LogP contribution in [0.4, 0.5) is 22.8 Å². The summed E-state index contributed by atoms with van der Waals surface area (Å²) in [7, 11) is 0. The standard InChI is InChI=1S/C18H21F3N4O3/c19-18(20,21)14-2-1-13(8-22-14)7-12-3-5-24(6-4-12)16(27)25-9-17(10-25)11-28-15(26)23-17/h1-2,8,12H,3-7,9-11H2,(H,23,26). The fourth-order valence-electron chi connectivity index (χ4n) is 4.06. The fraction of sp³-hybridized carbons (Fsp3) is 0.611. The Morgan fingerprint density at radius 2 is 1.96 bits per heavy atom. The number of piperidine rings is 1. The lowest BCUT2D eigenvalue weighted by atomic mass is 9.90. The first-order valence-electron chi connectivity index (χ1n) is 9.25. The molecule has 3 fully saturated rings. The van der Waals surface area contributed by atoms with E-state index in [0.29, 0.717) is 45.1 Å². The maximum Gasteiger partial charge on any atom is 0.433 e. The number of halogens is 3. The molecule has 4 heterocycles. The predicted octanol–water partition coefficient (Wildman–Crippen LogP) is 2.27. The van der Waals surface area contributed by atoms with Crippen LogP contribution in [0.2, 0.25) is 0 Å². The summed E-state index contributed by atoms with van der Waals surface area (Å²) in [6.45, 7) is 2.43. The molecule has 3 amide bonds. The number of alkyl halides is 3. The van der Waals surface area contributed by atoms with Crippen molar-refractivity contribution in [3.05, 3.63) is 29.6 Å². The van der Waals surface area contributed by atoms with Gasteiger partial charge in [0.2, 0.25) is 0 Å². The molecule has 152 valence electrons. The van der Waals surface area contributed by atoms with Crippen LogP contribution in [-0.4, -0.2) is 65.2 Å². The minimum absolute atomic E-state index is 0.0404. The highest BCUT2D eigenvalue weighted by molar-refractivity contribution is 5.78. The zero-order valence-electron chi connectivity index (χ0n) is 15.2. The number of alkyl carbamates (subject to hydrolysis) is 1. The van der Waals surface area contributed by atoms with Crippen molar-refractivity contribution in [3.8, 4) is 0 Å². The lowest BCUT2D eigenvalue weighted by Crippen LogP contribution is -2.71. The molecule has 1 N–H and O–H groups in total. The van der Waals surface area contributed by atoms with Crippen LogP contribution in [0.5, 0.6) is 0 Å². The Balaban J connectivity index is 1.24. The summed E-state index contributed by atoms with van der Waals surface area (Å²) in [4.78, 5) is 30.8. The SMILES string of the molecule is O=C1NC2(CO1)CN(C(=O)N1CCC(Cc3ccc(C(F)(F)F)nc3)CC1)C2. The first-order valence-corrected chi connectivity index (χ1v) is 9.25. The molecule has 28 heavy (non-hydrogen) atoms. The number of amides is 3. The van der Waals surface area contributed by atoms with E-state index in [1.807, 2.05) is 0 Å². The molecule has 3 aliphatic rings. The van der Waals surface area contributed by atoms with Crippen LogP contribution in [0.25, 0.3) is 0 Å². The Bertz CT molecular complexity index is 754. The number of carbonyl (C=O) groups is 2. The molecule has 0 aliphatic carbocycles. The number of carbonyl (C=O) groups excluding carboxylic acids is 2. The van der Waals surface area contributed by atoms with Gasteiger partial charge >= 0.3 is 18.3 Å². The molecule has 4 rings (SSSR count). The summed E-state index contributed by atoms with van der Waals surface area (Å²) in [5.41, 5.74) is -0.534. The summed E-state index contributed by atoms with van der Waals surface area (Å²) in [6.07, 6.45) is -1.32. The van der Waals surface area contributed by atoms with Gasteiger partial charge in [-0.05, 0) is 36.8 Å². The minimum Gasteiger partial charge on any atom is -0.447 e. The summed E-state index contributed by atoms with van der Waals surface area (Å²) in [6, 6.07) is 2.45. The number of cyclic esters (lactones) is 1. The van der Waals surface area contributed by atoms with Crippen LogP contribution in [0.3, 0.4) is 0 Å². The van der Waals surface area contributed by atoms with Gasteiger partial charge in [-0.1, -0.05) is 6.07 Å². The van der Waals surface area contributed by atoms with E-state index >= 15 is 0 Å². The number of hydrogen-bond donors (Lipinski definition) is 1. The van der Waals surface area contributed by atoms with E-state index in [0.717, 1.165) is 24.5 Å². The second-order valence-corrected chi connectivity index (χ2v) is 7.80. The zero-order chi connectivity index (χ0) is 19.9. The van der Waals surface area contributed by atoms with Crippen molar-refractivity contribution in [3.63, 3.8) is 0 Å². The molecular formula is C18H21F3N4O3. The third-order valence-corrected chi connectivity index (χ3v) is 5.63. The molecule has 3 saturated heterocycles. The van der Waals surface area contributed by atoms with Crippen molar-refractivity contribution in [2.24, 2.45) is 5.92 Å². The number of nitrogens with one attached hydrogen (secondary N) is 1. The summed E-state index contributed by atoms with van der Waals surface area (Å²) >= 11 is 0. The molecule has 0 bridgehead atoms. The van der Waals surface area contributed by atoms with Crippen molar-refractivity contribution in [1.82, 2.24) is 20.1 Å². The van der Waals surface area contributed by atoms with Gasteiger partial charge in [0.15, 0.2) is 0 Å². The van der Waals surface area contributed by atoms with Crippen molar-refractivity contribution < 1.29 is 27.5 Å². The Morgan fingerprint density at radius 1 is 1.25 bits per heavy atom. The predicted molar refractivity (Wildman–Crippen MR) is 91.4 cm³/mol. The van der Waals surface area contributed by atoms with Gasteiger partial charge in [-0.15, -0.1) is 0 Å². The third kappa shape index (κ3) is 3.72. The molecule has 1 aromatic heterocycles. The number of urea groups is 1.